The first kappa shape index (κ1) is 11.3. The number of nitrogens with zero attached hydrogens (tertiary/aromatic N) is 2. The molecule has 0 amide bonds. The molecule has 0 bridgehead atoms. The van der Waals surface area contributed by atoms with Crippen LogP contribution in [-0.2, 0) is 9.73 Å². The molecule has 1 saturated heterocycles. The van der Waals surface area contributed by atoms with Crippen molar-refractivity contribution < 1.29 is 4.21 Å². The number of nitrogen functional groups attached to an aromatic ring is 1. The molecule has 0 unspecified atom stereocenters. The fraction of sp³-hybridized carbons (Fsp3) is 0.455. The lowest BCUT2D eigenvalue weighted by molar-refractivity contribution is 0.665. The first-order chi connectivity index (χ1) is 7.63. The van der Waals surface area contributed by atoms with Gasteiger partial charge in [0.05, 0.1) is 0 Å². The van der Waals surface area contributed by atoms with Crippen LogP contribution in [0, 0.1) is 0 Å². The Kier molecular flexibility index (Phi) is 3.05. The smallest absolute Gasteiger partial charge is 0.0499 e. The van der Waals surface area contributed by atoms with E-state index in [9.17, 15) is 4.21 Å². The van der Waals surface area contributed by atoms with E-state index in [-0.39, 0.29) is 0 Å². The quantitative estimate of drug-likeness (QED) is 0.749. The maximum Gasteiger partial charge on any atom is 0.0499 e. The van der Waals surface area contributed by atoms with E-state index in [2.05, 4.69) is 9.26 Å². The van der Waals surface area contributed by atoms with Gasteiger partial charge >= 0.3 is 0 Å². The Bertz CT molecular complexity index is 461. The number of hydrogen-bond acceptors (Lipinski definition) is 4. The second-order valence-electron chi connectivity index (χ2n) is 3.94. The third kappa shape index (κ3) is 2.29. The molecule has 1 aliphatic heterocycles. The highest BCUT2D eigenvalue weighted by Crippen LogP contribution is 2.19. The predicted molar refractivity (Wildman–Crippen MR) is 69.3 cm³/mol. The average molecular weight is 239 g/mol. The molecule has 2 N–H and O–H groups in total. The molecule has 2 rings (SSSR count). The van der Waals surface area contributed by atoms with E-state index in [1.165, 1.54) is 0 Å². The summed E-state index contributed by atoms with van der Waals surface area (Å²) in [4.78, 5) is 2.23. The van der Waals surface area contributed by atoms with Crippen molar-refractivity contribution in [2.75, 3.05) is 42.3 Å². The third-order valence-corrected chi connectivity index (χ3v) is 5.26. The van der Waals surface area contributed by atoms with Crippen molar-refractivity contribution in [1.29, 1.82) is 0 Å². The average Bonchev–Trinajstić information content (AvgIpc) is 2.32. The topological polar surface area (TPSA) is 58.7 Å². The zero-order valence-corrected chi connectivity index (χ0v) is 10.2. The van der Waals surface area contributed by atoms with Crippen LogP contribution in [0.3, 0.4) is 0 Å². The number of nitrogens with two attached hydrogens (primary N) is 1. The largest absolute Gasteiger partial charge is 0.399 e. The number of hydrogen-bond donors (Lipinski definition) is 1. The molecule has 0 aliphatic carbocycles. The minimum absolute atomic E-state index is 0.661. The maximum atomic E-state index is 12.0. The van der Waals surface area contributed by atoms with Gasteiger partial charge in [0.15, 0.2) is 0 Å². The van der Waals surface area contributed by atoms with Crippen LogP contribution in [0.25, 0.3) is 0 Å². The monoisotopic (exact) mass is 239 g/mol. The van der Waals surface area contributed by atoms with Crippen LogP contribution in [0.1, 0.15) is 0 Å². The lowest BCUT2D eigenvalue weighted by Gasteiger charge is -2.30. The first-order valence-electron chi connectivity index (χ1n) is 5.34. The van der Waals surface area contributed by atoms with Gasteiger partial charge in [-0.2, -0.15) is 0 Å². The van der Waals surface area contributed by atoms with Crippen LogP contribution in [-0.4, -0.2) is 35.9 Å². The summed E-state index contributed by atoms with van der Waals surface area (Å²) in [5.74, 6) is 1.32. The van der Waals surface area contributed by atoms with Crippen molar-refractivity contribution in [2.45, 2.75) is 0 Å². The van der Waals surface area contributed by atoms with Gasteiger partial charge in [-0.05, 0) is 24.3 Å². The van der Waals surface area contributed by atoms with E-state index in [0.717, 1.165) is 24.5 Å². The number of anilines is 2. The van der Waals surface area contributed by atoms with E-state index >= 15 is 0 Å². The second kappa shape index (κ2) is 4.33. The maximum absolute atomic E-state index is 12.0. The van der Waals surface area contributed by atoms with Crippen molar-refractivity contribution in [3.8, 4) is 0 Å². The summed E-state index contributed by atoms with van der Waals surface area (Å²) < 4.78 is 16.0. The lowest BCUT2D eigenvalue weighted by atomic mass is 10.2. The highest BCUT2D eigenvalue weighted by atomic mass is 32.2. The second-order valence-corrected chi connectivity index (χ2v) is 6.67. The Morgan fingerprint density at radius 1 is 1.25 bits per heavy atom. The molecule has 0 atom stereocenters. The summed E-state index contributed by atoms with van der Waals surface area (Å²) in [5, 5.41) is 0. The SMILES string of the molecule is CN=S1(=O)CCN(c2ccc(N)cc2)CC1. The fourth-order valence-corrected chi connectivity index (χ4v) is 3.43. The minimum Gasteiger partial charge on any atom is -0.399 e. The van der Waals surface area contributed by atoms with E-state index in [1.807, 2.05) is 24.3 Å². The molecule has 1 aromatic rings. The first-order valence-corrected chi connectivity index (χ1v) is 7.19. The van der Waals surface area contributed by atoms with Gasteiger partial charge < -0.3 is 10.6 Å². The summed E-state index contributed by atoms with van der Waals surface area (Å²) in [7, 11) is -0.265. The Morgan fingerprint density at radius 3 is 2.31 bits per heavy atom. The molecular weight excluding hydrogens is 222 g/mol. The van der Waals surface area contributed by atoms with Crippen LogP contribution in [0.4, 0.5) is 11.4 Å². The molecule has 4 nitrogen and oxygen atoms in total. The summed E-state index contributed by atoms with van der Waals surface area (Å²) in [6, 6.07) is 7.80. The summed E-state index contributed by atoms with van der Waals surface area (Å²) in [5.41, 5.74) is 7.56. The van der Waals surface area contributed by atoms with E-state index in [4.69, 9.17) is 5.73 Å². The van der Waals surface area contributed by atoms with Crippen molar-refractivity contribution in [1.82, 2.24) is 0 Å². The van der Waals surface area contributed by atoms with Crippen LogP contribution in [0.15, 0.2) is 28.6 Å². The molecule has 1 fully saturated rings. The van der Waals surface area contributed by atoms with Crippen molar-refractivity contribution in [3.63, 3.8) is 0 Å². The van der Waals surface area contributed by atoms with Gasteiger partial charge in [-0.25, -0.2) is 8.57 Å². The van der Waals surface area contributed by atoms with Gasteiger partial charge in [-0.3, -0.25) is 0 Å². The lowest BCUT2D eigenvalue weighted by Crippen LogP contribution is -2.40. The molecule has 1 aromatic carbocycles. The summed E-state index contributed by atoms with van der Waals surface area (Å²) in [6.45, 7) is 1.61. The van der Waals surface area contributed by atoms with E-state index in [1.54, 1.807) is 7.05 Å². The zero-order chi connectivity index (χ0) is 11.6. The minimum atomic E-state index is -1.92. The van der Waals surface area contributed by atoms with Crippen molar-refractivity contribution in [3.05, 3.63) is 24.3 Å². The summed E-state index contributed by atoms with van der Waals surface area (Å²) >= 11 is 0. The van der Waals surface area contributed by atoms with Crippen LogP contribution in [0.5, 0.6) is 0 Å². The van der Waals surface area contributed by atoms with Gasteiger partial charge in [0, 0.05) is 52.7 Å². The van der Waals surface area contributed by atoms with Gasteiger partial charge in [0.1, 0.15) is 0 Å². The predicted octanol–water partition coefficient (Wildman–Crippen LogP) is 1.19. The molecule has 0 saturated carbocycles. The molecule has 88 valence electrons. The van der Waals surface area contributed by atoms with E-state index in [0.29, 0.717) is 11.5 Å². The fourth-order valence-electron chi connectivity index (χ4n) is 1.85. The number of benzene rings is 1. The molecule has 0 aromatic heterocycles. The molecule has 5 heteroatoms. The van der Waals surface area contributed by atoms with Crippen LogP contribution >= 0.6 is 0 Å². The van der Waals surface area contributed by atoms with Gasteiger partial charge in [-0.15, -0.1) is 0 Å². The van der Waals surface area contributed by atoms with Gasteiger partial charge in [0.2, 0.25) is 0 Å². The summed E-state index contributed by atoms with van der Waals surface area (Å²) in [6.07, 6.45) is 0. The van der Waals surface area contributed by atoms with Gasteiger partial charge in [-0.1, -0.05) is 0 Å². The Morgan fingerprint density at radius 2 is 1.81 bits per heavy atom. The van der Waals surface area contributed by atoms with Crippen LogP contribution in [0.2, 0.25) is 0 Å². The zero-order valence-electron chi connectivity index (χ0n) is 9.43. The van der Waals surface area contributed by atoms with E-state index < -0.39 is 9.73 Å². The molecule has 0 radical (unpaired) electrons. The standard InChI is InChI=1S/C11H17N3OS/c1-13-16(15)8-6-14(7-9-16)11-4-2-10(12)3-5-11/h2-5H,6-9,12H2,1H3. The molecule has 1 aliphatic rings. The molecule has 0 spiro atoms. The number of rotatable bonds is 1. The normalized spacial score (nSPS) is 19.4. The third-order valence-electron chi connectivity index (χ3n) is 2.95. The molecular formula is C11H17N3OS. The highest BCUT2D eigenvalue weighted by molar-refractivity contribution is 7.93. The Balaban J connectivity index is 2.10. The molecule has 1 heterocycles. The van der Waals surface area contributed by atoms with Crippen molar-refractivity contribution in [2.24, 2.45) is 4.36 Å². The highest BCUT2D eigenvalue weighted by Gasteiger charge is 2.19. The Hall–Kier alpha value is -1.23. The van der Waals surface area contributed by atoms with Gasteiger partial charge in [0.25, 0.3) is 0 Å². The Labute approximate surface area is 96.6 Å². The van der Waals surface area contributed by atoms with Crippen LogP contribution < -0.4 is 10.6 Å². The van der Waals surface area contributed by atoms with Crippen molar-refractivity contribution >= 4 is 21.1 Å². The molecule has 16 heavy (non-hydrogen) atoms.